The van der Waals surface area contributed by atoms with Gasteiger partial charge in [-0.1, -0.05) is 6.07 Å². The van der Waals surface area contributed by atoms with Gasteiger partial charge in [0.15, 0.2) is 17.3 Å². The number of amides is 1. The van der Waals surface area contributed by atoms with E-state index in [1.165, 1.54) is 13.1 Å². The van der Waals surface area contributed by atoms with Crippen molar-refractivity contribution in [2.24, 2.45) is 0 Å². The molecule has 2 heterocycles. The Morgan fingerprint density at radius 1 is 1.32 bits per heavy atom. The molecule has 28 heavy (non-hydrogen) atoms. The molecule has 0 atom stereocenters. The average molecular weight is 385 g/mol. The van der Waals surface area contributed by atoms with Gasteiger partial charge >= 0.3 is 0 Å². The summed E-state index contributed by atoms with van der Waals surface area (Å²) in [5, 5.41) is 22.4. The molecule has 1 aliphatic heterocycles. The summed E-state index contributed by atoms with van der Waals surface area (Å²) in [7, 11) is 1.53. The lowest BCUT2D eigenvalue weighted by Gasteiger charge is -2.40. The van der Waals surface area contributed by atoms with Crippen molar-refractivity contribution in [3.63, 3.8) is 0 Å². The number of nitrogens with one attached hydrogen (secondary N) is 1. The third-order valence-corrected chi connectivity index (χ3v) is 5.17. The Kier molecular flexibility index (Phi) is 4.04. The van der Waals surface area contributed by atoms with Crippen LogP contribution >= 0.6 is 0 Å². The first-order valence-corrected chi connectivity index (χ1v) is 8.81. The van der Waals surface area contributed by atoms with Crippen LogP contribution in [0, 0.1) is 12.7 Å². The molecule has 1 fully saturated rings. The van der Waals surface area contributed by atoms with Gasteiger partial charge in [-0.15, -0.1) is 0 Å². The highest BCUT2D eigenvalue weighted by molar-refractivity contribution is 6.05. The van der Waals surface area contributed by atoms with Gasteiger partial charge < -0.3 is 24.8 Å². The smallest absolute Gasteiger partial charge is 0.253 e. The number of fused-ring (bicyclic) bond motifs is 1. The molecular weight excluding hydrogens is 365 g/mol. The normalized spacial score (nSPS) is 15.4. The molecule has 8 heteroatoms. The number of halogens is 1. The first kappa shape index (κ1) is 18.2. The number of para-hydroxylation sites is 1. The molecule has 0 saturated carbocycles. The third-order valence-electron chi connectivity index (χ3n) is 5.17. The van der Waals surface area contributed by atoms with Crippen molar-refractivity contribution in [3.05, 3.63) is 41.2 Å². The number of nitrogens with zero attached hydrogens (tertiary/aromatic N) is 2. The van der Waals surface area contributed by atoms with Crippen molar-refractivity contribution < 1.29 is 24.1 Å². The topological polar surface area (TPSA) is 96.6 Å². The van der Waals surface area contributed by atoms with Crippen LogP contribution < -0.4 is 5.32 Å². The van der Waals surface area contributed by atoms with Gasteiger partial charge in [0, 0.05) is 7.05 Å². The minimum Gasteiger partial charge on any atom is -0.504 e. The van der Waals surface area contributed by atoms with Crippen molar-refractivity contribution >= 4 is 16.9 Å². The van der Waals surface area contributed by atoms with Gasteiger partial charge in [0.2, 0.25) is 0 Å². The van der Waals surface area contributed by atoms with E-state index in [9.17, 15) is 19.4 Å². The SMILES string of the molecule is CNC(=O)c1cccc2c1nc(-c1cc(C)c(O)c(O)c1F)n2C1(C)COC1. The molecule has 7 nitrogen and oxygen atoms in total. The fraction of sp³-hybridized carbons (Fsp3) is 0.300. The molecule has 2 aromatic carbocycles. The molecule has 3 aromatic rings. The summed E-state index contributed by atoms with van der Waals surface area (Å²) in [5.74, 6) is -2.34. The van der Waals surface area contributed by atoms with Crippen LogP contribution in [0.25, 0.3) is 22.4 Å². The highest BCUT2D eigenvalue weighted by Gasteiger charge is 2.39. The molecule has 3 N–H and O–H groups in total. The Hall–Kier alpha value is -3.13. The van der Waals surface area contributed by atoms with Crippen molar-refractivity contribution in [2.45, 2.75) is 19.4 Å². The van der Waals surface area contributed by atoms with E-state index in [0.29, 0.717) is 35.4 Å². The fourth-order valence-corrected chi connectivity index (χ4v) is 3.60. The predicted molar refractivity (Wildman–Crippen MR) is 101 cm³/mol. The first-order chi connectivity index (χ1) is 13.3. The first-order valence-electron chi connectivity index (χ1n) is 8.81. The van der Waals surface area contributed by atoms with Crippen molar-refractivity contribution in [2.75, 3.05) is 20.3 Å². The Labute approximate surface area is 160 Å². The molecule has 0 bridgehead atoms. The molecule has 1 saturated heterocycles. The molecule has 1 amide bonds. The molecule has 4 rings (SSSR count). The van der Waals surface area contributed by atoms with Crippen LogP contribution in [-0.4, -0.2) is 45.9 Å². The Bertz CT molecular complexity index is 1120. The zero-order valence-corrected chi connectivity index (χ0v) is 15.7. The van der Waals surface area contributed by atoms with Gasteiger partial charge in [-0.3, -0.25) is 4.79 Å². The van der Waals surface area contributed by atoms with Gasteiger partial charge in [0.25, 0.3) is 5.91 Å². The van der Waals surface area contributed by atoms with Crippen LogP contribution in [0.15, 0.2) is 24.3 Å². The monoisotopic (exact) mass is 385 g/mol. The summed E-state index contributed by atoms with van der Waals surface area (Å²) in [5.41, 5.74) is 1.32. The number of rotatable bonds is 3. The maximum atomic E-state index is 14.9. The van der Waals surface area contributed by atoms with Crippen molar-refractivity contribution in [1.82, 2.24) is 14.9 Å². The molecule has 0 spiro atoms. The second kappa shape index (κ2) is 6.20. The number of hydrogen-bond donors (Lipinski definition) is 3. The number of aryl methyl sites for hydroxylation is 1. The largest absolute Gasteiger partial charge is 0.504 e. The summed E-state index contributed by atoms with van der Waals surface area (Å²) in [4.78, 5) is 16.9. The van der Waals surface area contributed by atoms with Crippen LogP contribution in [0.2, 0.25) is 0 Å². The van der Waals surface area contributed by atoms with Gasteiger partial charge in [0.1, 0.15) is 11.3 Å². The minimum atomic E-state index is -0.968. The van der Waals surface area contributed by atoms with E-state index in [2.05, 4.69) is 10.3 Å². The fourth-order valence-electron chi connectivity index (χ4n) is 3.60. The highest BCUT2D eigenvalue weighted by atomic mass is 19.1. The van der Waals surface area contributed by atoms with E-state index in [0.717, 1.165) is 0 Å². The number of aromatic hydroxyl groups is 2. The Morgan fingerprint density at radius 3 is 2.64 bits per heavy atom. The number of ether oxygens (including phenoxy) is 1. The lowest BCUT2D eigenvalue weighted by Crippen LogP contribution is -2.49. The Morgan fingerprint density at radius 2 is 2.04 bits per heavy atom. The molecule has 0 unspecified atom stereocenters. The number of imidazole rings is 1. The Balaban J connectivity index is 2.09. The molecule has 146 valence electrons. The van der Waals surface area contributed by atoms with Gasteiger partial charge in [0.05, 0.1) is 35.4 Å². The van der Waals surface area contributed by atoms with Crippen LogP contribution in [0.5, 0.6) is 11.5 Å². The molecule has 0 radical (unpaired) electrons. The second-order valence-electron chi connectivity index (χ2n) is 7.27. The lowest BCUT2D eigenvalue weighted by molar-refractivity contribution is -0.0868. The van der Waals surface area contributed by atoms with E-state index in [1.807, 2.05) is 17.6 Å². The van der Waals surface area contributed by atoms with Gasteiger partial charge in [-0.2, -0.15) is 0 Å². The predicted octanol–water partition coefficient (Wildman–Crippen LogP) is 2.67. The summed E-state index contributed by atoms with van der Waals surface area (Å²) in [6.07, 6.45) is 0. The van der Waals surface area contributed by atoms with Crippen LogP contribution in [0.4, 0.5) is 4.39 Å². The maximum absolute atomic E-state index is 14.9. The molecule has 0 aliphatic carbocycles. The van der Waals surface area contributed by atoms with E-state index in [1.54, 1.807) is 19.1 Å². The summed E-state index contributed by atoms with van der Waals surface area (Å²) in [6, 6.07) is 6.64. The summed E-state index contributed by atoms with van der Waals surface area (Å²) < 4.78 is 22.1. The molecule has 1 aromatic heterocycles. The minimum absolute atomic E-state index is 0.0416. The van der Waals surface area contributed by atoms with Crippen molar-refractivity contribution in [3.8, 4) is 22.9 Å². The number of benzene rings is 2. The maximum Gasteiger partial charge on any atom is 0.253 e. The molecule has 1 aliphatic rings. The van der Waals surface area contributed by atoms with Crippen LogP contribution in [0.3, 0.4) is 0 Å². The van der Waals surface area contributed by atoms with Crippen LogP contribution in [0.1, 0.15) is 22.8 Å². The van der Waals surface area contributed by atoms with E-state index in [4.69, 9.17) is 4.74 Å². The highest BCUT2D eigenvalue weighted by Crippen LogP contribution is 2.42. The summed E-state index contributed by atoms with van der Waals surface area (Å²) >= 11 is 0. The van der Waals surface area contributed by atoms with Gasteiger partial charge in [-0.25, -0.2) is 9.37 Å². The van der Waals surface area contributed by atoms with E-state index in [-0.39, 0.29) is 17.3 Å². The quantitative estimate of drug-likeness (QED) is 0.603. The number of carbonyl (C=O) groups is 1. The number of phenolic OH excluding ortho intramolecular Hbond substituents is 2. The zero-order valence-electron chi connectivity index (χ0n) is 15.7. The van der Waals surface area contributed by atoms with Crippen LogP contribution in [-0.2, 0) is 10.3 Å². The second-order valence-corrected chi connectivity index (χ2v) is 7.27. The number of carbonyl (C=O) groups excluding carboxylic acids is 1. The number of hydrogen-bond acceptors (Lipinski definition) is 5. The zero-order chi connectivity index (χ0) is 20.2. The van der Waals surface area contributed by atoms with E-state index < -0.39 is 22.9 Å². The number of phenols is 2. The third kappa shape index (κ3) is 2.45. The van der Waals surface area contributed by atoms with Crippen molar-refractivity contribution in [1.29, 1.82) is 0 Å². The standard InChI is InChI=1S/C20H20FN3O4/c1-10-7-12(14(21)17(26)16(10)25)18-23-15-11(19(27)22-3)5-4-6-13(15)24(18)20(2)8-28-9-20/h4-7,25-26H,8-9H2,1-3H3,(H,22,27). The molecular formula is C20H20FN3O4. The lowest BCUT2D eigenvalue weighted by atomic mass is 9.98. The van der Waals surface area contributed by atoms with Gasteiger partial charge in [-0.05, 0) is 37.6 Å². The number of aromatic nitrogens is 2. The summed E-state index contributed by atoms with van der Waals surface area (Å²) in [6.45, 7) is 4.33. The average Bonchev–Trinajstić information content (AvgIpc) is 3.06. The van der Waals surface area contributed by atoms with E-state index >= 15 is 0 Å².